The van der Waals surface area contributed by atoms with E-state index >= 15 is 0 Å². The second-order valence-electron chi connectivity index (χ2n) is 4.37. The van der Waals surface area contributed by atoms with Gasteiger partial charge in [-0.25, -0.2) is 9.37 Å². The molecule has 0 aliphatic rings. The number of hydrogen-bond donors (Lipinski definition) is 1. The topological polar surface area (TPSA) is 29.9 Å². The van der Waals surface area contributed by atoms with Gasteiger partial charge in [0.25, 0.3) is 0 Å². The van der Waals surface area contributed by atoms with E-state index in [0.29, 0.717) is 17.0 Å². The van der Waals surface area contributed by atoms with Crippen LogP contribution < -0.4 is 5.32 Å². The van der Waals surface area contributed by atoms with Crippen LogP contribution in [0, 0.1) is 5.82 Å². The molecule has 0 aliphatic carbocycles. The molecular formula is C14H17ClFN3. The van der Waals surface area contributed by atoms with Gasteiger partial charge in [-0.1, -0.05) is 17.7 Å². The lowest BCUT2D eigenvalue weighted by molar-refractivity contribution is 0.584. The second kappa shape index (κ2) is 6.68. The molecule has 2 rings (SSSR count). The van der Waals surface area contributed by atoms with Crippen LogP contribution in [0.3, 0.4) is 0 Å². The third-order valence-corrected chi connectivity index (χ3v) is 3.38. The Balaban J connectivity index is 2.13. The summed E-state index contributed by atoms with van der Waals surface area (Å²) in [5, 5.41) is 3.55. The first-order chi connectivity index (χ1) is 9.22. The van der Waals surface area contributed by atoms with E-state index in [2.05, 4.69) is 10.3 Å². The van der Waals surface area contributed by atoms with E-state index in [1.807, 2.05) is 17.8 Å². The average molecular weight is 282 g/mol. The Morgan fingerprint density at radius 1 is 1.42 bits per heavy atom. The summed E-state index contributed by atoms with van der Waals surface area (Å²) in [6, 6.07) is 4.74. The van der Waals surface area contributed by atoms with Gasteiger partial charge in [0.2, 0.25) is 0 Å². The quantitative estimate of drug-likeness (QED) is 0.825. The molecule has 1 aromatic carbocycles. The molecule has 1 N–H and O–H groups in total. The molecular weight excluding hydrogens is 265 g/mol. The summed E-state index contributed by atoms with van der Waals surface area (Å²) in [4.78, 5) is 4.29. The van der Waals surface area contributed by atoms with Crippen molar-refractivity contribution in [2.24, 2.45) is 0 Å². The molecule has 0 atom stereocenters. The van der Waals surface area contributed by atoms with Crippen LogP contribution in [0.1, 0.15) is 17.8 Å². The van der Waals surface area contributed by atoms with Crippen molar-refractivity contribution in [3.05, 3.63) is 52.8 Å². The van der Waals surface area contributed by atoms with Crippen LogP contribution in [0.4, 0.5) is 4.39 Å². The summed E-state index contributed by atoms with van der Waals surface area (Å²) in [6.45, 7) is 1.81. The lowest BCUT2D eigenvalue weighted by Crippen LogP contribution is -2.12. The fraction of sp³-hybridized carbons (Fsp3) is 0.357. The van der Waals surface area contributed by atoms with Gasteiger partial charge in [-0.15, -0.1) is 0 Å². The number of nitrogens with zero attached hydrogens (tertiary/aromatic N) is 2. The predicted molar refractivity (Wildman–Crippen MR) is 75.0 cm³/mol. The lowest BCUT2D eigenvalue weighted by Gasteiger charge is -2.09. The molecule has 0 saturated carbocycles. The zero-order valence-electron chi connectivity index (χ0n) is 10.9. The number of imidazole rings is 1. The molecule has 3 nitrogen and oxygen atoms in total. The first-order valence-corrected chi connectivity index (χ1v) is 6.67. The summed E-state index contributed by atoms with van der Waals surface area (Å²) in [6.07, 6.45) is 5.08. The van der Waals surface area contributed by atoms with Gasteiger partial charge >= 0.3 is 0 Å². The zero-order valence-corrected chi connectivity index (χ0v) is 11.6. The Labute approximate surface area is 117 Å². The maximum atomic E-state index is 13.7. The van der Waals surface area contributed by atoms with Crippen LogP contribution in [0.15, 0.2) is 30.6 Å². The minimum atomic E-state index is -0.280. The number of nitrogens with one attached hydrogen (secondary N) is 1. The van der Waals surface area contributed by atoms with E-state index in [0.717, 1.165) is 25.3 Å². The Morgan fingerprint density at radius 3 is 3.00 bits per heavy atom. The summed E-state index contributed by atoms with van der Waals surface area (Å²) < 4.78 is 15.8. The number of hydrogen-bond acceptors (Lipinski definition) is 2. The Bertz CT molecular complexity index is 519. The van der Waals surface area contributed by atoms with Crippen molar-refractivity contribution in [2.75, 3.05) is 13.6 Å². The second-order valence-corrected chi connectivity index (χ2v) is 4.78. The molecule has 0 aliphatic heterocycles. The van der Waals surface area contributed by atoms with Gasteiger partial charge in [0, 0.05) is 35.9 Å². The van der Waals surface area contributed by atoms with Crippen molar-refractivity contribution < 1.29 is 4.39 Å². The maximum Gasteiger partial charge on any atom is 0.128 e. The molecule has 19 heavy (non-hydrogen) atoms. The number of aryl methyl sites for hydroxylation is 1. The normalized spacial score (nSPS) is 10.9. The van der Waals surface area contributed by atoms with Crippen LogP contribution >= 0.6 is 11.6 Å². The van der Waals surface area contributed by atoms with Crippen molar-refractivity contribution in [2.45, 2.75) is 19.4 Å². The number of aromatic nitrogens is 2. The number of rotatable bonds is 6. The molecule has 0 spiro atoms. The Morgan fingerprint density at radius 2 is 2.26 bits per heavy atom. The molecule has 5 heteroatoms. The fourth-order valence-corrected chi connectivity index (χ4v) is 2.23. The highest BCUT2D eigenvalue weighted by Gasteiger charge is 2.11. The largest absolute Gasteiger partial charge is 0.335 e. The average Bonchev–Trinajstić information content (AvgIpc) is 2.82. The van der Waals surface area contributed by atoms with E-state index in [1.54, 1.807) is 18.3 Å². The summed E-state index contributed by atoms with van der Waals surface area (Å²) in [5.41, 5.74) is 0.505. The van der Waals surface area contributed by atoms with Crippen LogP contribution in [0.25, 0.3) is 0 Å². The summed E-state index contributed by atoms with van der Waals surface area (Å²) >= 11 is 6.04. The van der Waals surface area contributed by atoms with Gasteiger partial charge in [-0.2, -0.15) is 0 Å². The Hall–Kier alpha value is -1.39. The van der Waals surface area contributed by atoms with Gasteiger partial charge in [0.05, 0.1) is 0 Å². The van der Waals surface area contributed by atoms with Crippen molar-refractivity contribution in [3.63, 3.8) is 0 Å². The molecule has 0 unspecified atom stereocenters. The number of benzene rings is 1. The van der Waals surface area contributed by atoms with Gasteiger partial charge in [0.15, 0.2) is 0 Å². The van der Waals surface area contributed by atoms with Crippen molar-refractivity contribution >= 4 is 11.6 Å². The third kappa shape index (κ3) is 3.55. The van der Waals surface area contributed by atoms with Crippen LogP contribution in [-0.2, 0) is 13.0 Å². The van der Waals surface area contributed by atoms with E-state index in [1.165, 1.54) is 6.07 Å². The van der Waals surface area contributed by atoms with Gasteiger partial charge in [0.1, 0.15) is 11.6 Å². The molecule has 1 heterocycles. The highest BCUT2D eigenvalue weighted by atomic mass is 35.5. The highest BCUT2D eigenvalue weighted by Crippen LogP contribution is 2.21. The van der Waals surface area contributed by atoms with E-state index in [9.17, 15) is 4.39 Å². The molecule has 0 saturated heterocycles. The van der Waals surface area contributed by atoms with Crippen molar-refractivity contribution in [3.8, 4) is 0 Å². The number of halogens is 2. The summed E-state index contributed by atoms with van der Waals surface area (Å²) in [7, 11) is 1.92. The molecule has 0 fully saturated rings. The molecule has 0 amide bonds. The minimum Gasteiger partial charge on any atom is -0.335 e. The van der Waals surface area contributed by atoms with Crippen LogP contribution in [0.5, 0.6) is 0 Å². The fourth-order valence-electron chi connectivity index (χ4n) is 2.00. The monoisotopic (exact) mass is 281 g/mol. The molecule has 2 aromatic rings. The first-order valence-electron chi connectivity index (χ1n) is 6.30. The maximum absolute atomic E-state index is 13.7. The van der Waals surface area contributed by atoms with E-state index < -0.39 is 0 Å². The first kappa shape index (κ1) is 14.0. The van der Waals surface area contributed by atoms with Crippen LogP contribution in [0.2, 0.25) is 5.02 Å². The smallest absolute Gasteiger partial charge is 0.128 e. The van der Waals surface area contributed by atoms with Gasteiger partial charge in [-0.05, 0) is 32.1 Å². The molecule has 102 valence electrons. The van der Waals surface area contributed by atoms with Gasteiger partial charge < -0.3 is 9.88 Å². The minimum absolute atomic E-state index is 0.280. The van der Waals surface area contributed by atoms with Gasteiger partial charge in [-0.3, -0.25) is 0 Å². The van der Waals surface area contributed by atoms with Crippen molar-refractivity contribution in [1.82, 2.24) is 14.9 Å². The van der Waals surface area contributed by atoms with Crippen molar-refractivity contribution in [1.29, 1.82) is 0 Å². The Kier molecular flexibility index (Phi) is 4.93. The highest BCUT2D eigenvalue weighted by molar-refractivity contribution is 6.31. The summed E-state index contributed by atoms with van der Waals surface area (Å²) in [5.74, 6) is 0.556. The van der Waals surface area contributed by atoms with E-state index in [4.69, 9.17) is 11.6 Å². The lowest BCUT2D eigenvalue weighted by atomic mass is 10.1. The van der Waals surface area contributed by atoms with E-state index in [-0.39, 0.29) is 5.82 Å². The predicted octanol–water partition coefficient (Wildman–Crippen LogP) is 2.88. The molecule has 0 bridgehead atoms. The third-order valence-electron chi connectivity index (χ3n) is 3.02. The SMILES string of the molecule is CNCCCn1ccnc1Cc1c(F)cccc1Cl. The van der Waals surface area contributed by atoms with Crippen LogP contribution in [-0.4, -0.2) is 23.1 Å². The zero-order chi connectivity index (χ0) is 13.7. The molecule has 0 radical (unpaired) electrons. The standard InChI is InChI=1S/C14H17ClFN3/c1-17-6-3-8-19-9-7-18-14(19)10-11-12(15)4-2-5-13(11)16/h2,4-5,7,9,17H,3,6,8,10H2,1H3. The molecule has 1 aromatic heterocycles.